The molecule has 2 N–H and O–H groups in total. The summed E-state index contributed by atoms with van der Waals surface area (Å²) in [6, 6.07) is 4.94. The molecule has 0 aliphatic rings. The number of aryl methyl sites for hydroxylation is 2. The summed E-state index contributed by atoms with van der Waals surface area (Å²) < 4.78 is 0. The lowest BCUT2D eigenvalue weighted by atomic mass is 9.96. The Kier molecular flexibility index (Phi) is 4.26. The molecule has 0 aliphatic heterocycles. The normalized spacial score (nSPS) is 11.9. The number of rotatable bonds is 4. The smallest absolute Gasteiger partial charge is 0.326 e. The lowest BCUT2D eigenvalue weighted by Gasteiger charge is -2.16. The van der Waals surface area contributed by atoms with Crippen LogP contribution in [0.1, 0.15) is 23.6 Å². The van der Waals surface area contributed by atoms with Crippen molar-refractivity contribution in [3.05, 3.63) is 34.9 Å². The van der Waals surface area contributed by atoms with E-state index in [0.29, 0.717) is 6.42 Å². The third kappa shape index (κ3) is 3.59. The molecule has 0 spiro atoms. The molecule has 4 nitrogen and oxygen atoms in total. The van der Waals surface area contributed by atoms with Crippen LogP contribution in [0.4, 0.5) is 0 Å². The summed E-state index contributed by atoms with van der Waals surface area (Å²) in [7, 11) is 0. The zero-order valence-electron chi connectivity index (χ0n) is 10.3. The number of benzene rings is 1. The van der Waals surface area contributed by atoms with Gasteiger partial charge in [0, 0.05) is 13.3 Å². The van der Waals surface area contributed by atoms with Crippen molar-refractivity contribution < 1.29 is 14.7 Å². The molecule has 0 fully saturated rings. The quantitative estimate of drug-likeness (QED) is 0.829. The van der Waals surface area contributed by atoms with Gasteiger partial charge < -0.3 is 10.4 Å². The fraction of sp³-hybridized carbons (Fsp3) is 0.385. The van der Waals surface area contributed by atoms with E-state index in [9.17, 15) is 9.59 Å². The van der Waals surface area contributed by atoms with Crippen molar-refractivity contribution >= 4 is 11.9 Å². The number of hydrogen-bond acceptors (Lipinski definition) is 2. The highest BCUT2D eigenvalue weighted by Crippen LogP contribution is 2.15. The second-order valence-corrected chi connectivity index (χ2v) is 4.17. The Labute approximate surface area is 101 Å². The van der Waals surface area contributed by atoms with Crippen LogP contribution in [-0.2, 0) is 16.0 Å². The van der Waals surface area contributed by atoms with Crippen molar-refractivity contribution in [2.75, 3.05) is 0 Å². The molecular weight excluding hydrogens is 218 g/mol. The van der Waals surface area contributed by atoms with Crippen LogP contribution in [0.15, 0.2) is 18.2 Å². The van der Waals surface area contributed by atoms with Crippen LogP contribution >= 0.6 is 0 Å². The number of carboxylic acids is 1. The van der Waals surface area contributed by atoms with E-state index >= 15 is 0 Å². The van der Waals surface area contributed by atoms with Crippen LogP contribution in [-0.4, -0.2) is 23.0 Å². The summed E-state index contributed by atoms with van der Waals surface area (Å²) in [4.78, 5) is 22.0. The van der Waals surface area contributed by atoms with Gasteiger partial charge in [0.25, 0.3) is 0 Å². The Bertz CT molecular complexity index is 420. The lowest BCUT2D eigenvalue weighted by molar-refractivity contribution is -0.141. The third-order valence-electron chi connectivity index (χ3n) is 2.73. The summed E-state index contributed by atoms with van der Waals surface area (Å²) in [5, 5.41) is 11.5. The summed E-state index contributed by atoms with van der Waals surface area (Å²) in [5.74, 6) is -1.34. The van der Waals surface area contributed by atoms with E-state index in [-0.39, 0.29) is 5.91 Å². The highest BCUT2D eigenvalue weighted by Gasteiger charge is 2.20. The first kappa shape index (κ1) is 13.2. The Morgan fingerprint density at radius 3 is 2.24 bits per heavy atom. The molecule has 1 aromatic carbocycles. The predicted octanol–water partition coefficient (Wildman–Crippen LogP) is 1.44. The molecule has 0 aliphatic carbocycles. The maximum atomic E-state index is 11.0. The molecule has 0 saturated heterocycles. The number of aliphatic carboxylic acids is 1. The van der Waals surface area contributed by atoms with Gasteiger partial charge in [0.15, 0.2) is 0 Å². The van der Waals surface area contributed by atoms with E-state index in [2.05, 4.69) is 5.32 Å². The molecule has 0 heterocycles. The SMILES string of the molecule is CC(=O)NC(Cc1c(C)cccc1C)C(=O)O. The fourth-order valence-electron chi connectivity index (χ4n) is 1.82. The average Bonchev–Trinajstić information content (AvgIpc) is 2.21. The summed E-state index contributed by atoms with van der Waals surface area (Å²) in [6.45, 7) is 5.20. The fourth-order valence-corrected chi connectivity index (χ4v) is 1.82. The first-order chi connectivity index (χ1) is 7.91. The van der Waals surface area contributed by atoms with Crippen LogP contribution in [0, 0.1) is 13.8 Å². The predicted molar refractivity (Wildman–Crippen MR) is 64.9 cm³/mol. The zero-order valence-corrected chi connectivity index (χ0v) is 10.3. The van der Waals surface area contributed by atoms with Gasteiger partial charge in [-0.05, 0) is 30.5 Å². The highest BCUT2D eigenvalue weighted by molar-refractivity contribution is 5.82. The molecular formula is C13H17NO3. The standard InChI is InChI=1S/C13H17NO3/c1-8-5-4-6-9(2)11(8)7-12(13(16)17)14-10(3)15/h4-6,12H,7H2,1-3H3,(H,14,15)(H,16,17). The maximum absolute atomic E-state index is 11.0. The van der Waals surface area contributed by atoms with Crippen LogP contribution in [0.2, 0.25) is 0 Å². The molecule has 1 unspecified atom stereocenters. The number of nitrogens with one attached hydrogen (secondary N) is 1. The van der Waals surface area contributed by atoms with Gasteiger partial charge in [-0.25, -0.2) is 4.79 Å². The number of hydrogen-bond donors (Lipinski definition) is 2. The van der Waals surface area contributed by atoms with Crippen molar-refractivity contribution in [3.63, 3.8) is 0 Å². The second-order valence-electron chi connectivity index (χ2n) is 4.17. The average molecular weight is 235 g/mol. The molecule has 4 heteroatoms. The second kappa shape index (κ2) is 5.48. The van der Waals surface area contributed by atoms with Crippen molar-refractivity contribution in [3.8, 4) is 0 Å². The molecule has 0 saturated carbocycles. The summed E-state index contributed by atoms with van der Waals surface area (Å²) in [5.41, 5.74) is 3.07. The van der Waals surface area contributed by atoms with Crippen LogP contribution in [0.5, 0.6) is 0 Å². The Morgan fingerprint density at radius 1 is 1.29 bits per heavy atom. The minimum atomic E-state index is -1.01. The third-order valence-corrected chi connectivity index (χ3v) is 2.73. The zero-order chi connectivity index (χ0) is 13.0. The molecule has 0 bridgehead atoms. The van der Waals surface area contributed by atoms with E-state index in [0.717, 1.165) is 16.7 Å². The number of amides is 1. The van der Waals surface area contributed by atoms with Gasteiger partial charge in [-0.15, -0.1) is 0 Å². The first-order valence-electron chi connectivity index (χ1n) is 5.47. The Balaban J connectivity index is 2.93. The Morgan fingerprint density at radius 2 is 1.82 bits per heavy atom. The van der Waals surface area contributed by atoms with Gasteiger partial charge in [0.1, 0.15) is 6.04 Å². The minimum Gasteiger partial charge on any atom is -0.480 e. The van der Waals surface area contributed by atoms with Gasteiger partial charge in [-0.2, -0.15) is 0 Å². The summed E-state index contributed by atoms with van der Waals surface area (Å²) in [6.07, 6.45) is 0.313. The van der Waals surface area contributed by atoms with Crippen molar-refractivity contribution in [1.82, 2.24) is 5.32 Å². The molecule has 1 aromatic rings. The van der Waals surface area contributed by atoms with Crippen molar-refractivity contribution in [2.24, 2.45) is 0 Å². The summed E-state index contributed by atoms with van der Waals surface area (Å²) >= 11 is 0. The molecule has 1 atom stereocenters. The van der Waals surface area contributed by atoms with Gasteiger partial charge >= 0.3 is 5.97 Å². The van der Waals surface area contributed by atoms with Gasteiger partial charge in [-0.3, -0.25) is 4.79 Å². The van der Waals surface area contributed by atoms with Gasteiger partial charge in [-0.1, -0.05) is 18.2 Å². The first-order valence-corrected chi connectivity index (χ1v) is 5.47. The van der Waals surface area contributed by atoms with E-state index in [1.807, 2.05) is 32.0 Å². The molecule has 0 radical (unpaired) electrons. The molecule has 92 valence electrons. The number of carbonyl (C=O) groups is 2. The number of carbonyl (C=O) groups excluding carboxylic acids is 1. The molecule has 0 aromatic heterocycles. The molecule has 17 heavy (non-hydrogen) atoms. The molecule has 1 amide bonds. The maximum Gasteiger partial charge on any atom is 0.326 e. The van der Waals surface area contributed by atoms with E-state index in [1.54, 1.807) is 0 Å². The van der Waals surface area contributed by atoms with E-state index in [4.69, 9.17) is 5.11 Å². The van der Waals surface area contributed by atoms with E-state index < -0.39 is 12.0 Å². The lowest BCUT2D eigenvalue weighted by Crippen LogP contribution is -2.41. The van der Waals surface area contributed by atoms with Crippen LogP contribution < -0.4 is 5.32 Å². The highest BCUT2D eigenvalue weighted by atomic mass is 16.4. The molecule has 1 rings (SSSR count). The van der Waals surface area contributed by atoms with Crippen molar-refractivity contribution in [1.29, 1.82) is 0 Å². The van der Waals surface area contributed by atoms with Gasteiger partial charge in [0.05, 0.1) is 0 Å². The van der Waals surface area contributed by atoms with Crippen molar-refractivity contribution in [2.45, 2.75) is 33.2 Å². The van der Waals surface area contributed by atoms with Gasteiger partial charge in [0.2, 0.25) is 5.91 Å². The Hall–Kier alpha value is -1.84. The minimum absolute atomic E-state index is 0.313. The monoisotopic (exact) mass is 235 g/mol. The van der Waals surface area contributed by atoms with Crippen LogP contribution in [0.3, 0.4) is 0 Å². The topological polar surface area (TPSA) is 66.4 Å². The largest absolute Gasteiger partial charge is 0.480 e. The van der Waals surface area contributed by atoms with E-state index in [1.165, 1.54) is 6.92 Å². The number of carboxylic acid groups (broad SMARTS) is 1. The van der Waals surface area contributed by atoms with Crippen LogP contribution in [0.25, 0.3) is 0 Å².